The topological polar surface area (TPSA) is 87.0 Å². The Morgan fingerprint density at radius 1 is 0.946 bits per heavy atom. The summed E-state index contributed by atoms with van der Waals surface area (Å²) in [6, 6.07) is 0. The fraction of sp³-hybridized carbons (Fsp3) is 0.906. The molecule has 5 rings (SSSR count). The second-order valence-corrected chi connectivity index (χ2v) is 15.4. The van der Waals surface area contributed by atoms with Crippen LogP contribution < -0.4 is 0 Å². The molecule has 0 aromatic heterocycles. The van der Waals surface area contributed by atoms with Gasteiger partial charge < -0.3 is 20.1 Å². The second kappa shape index (κ2) is 8.80. The summed E-state index contributed by atoms with van der Waals surface area (Å²) in [6.45, 7) is 14.3. The van der Waals surface area contributed by atoms with Gasteiger partial charge in [0.25, 0.3) is 0 Å². The summed E-state index contributed by atoms with van der Waals surface area (Å²) in [4.78, 5) is 13.6. The van der Waals surface area contributed by atoms with Crippen LogP contribution in [0.5, 0.6) is 0 Å². The normalized spacial score (nSPS) is 50.6. The standard InChI is InChI=1S/C32H52O5/c1-27(2)13-15-32(26(36)37-18-17-33)16-14-30(5)21(22(32)19-27)7-8-24-28(3)11-10-25(35)29(4,20-34)23(28)9-12-31(24,30)6/h7,22-25,33-35H,8-20H2,1-6H3/t22-,23?,24-,25+,28+,29+,30-,31-,32+/m1/s1. The lowest BCUT2D eigenvalue weighted by atomic mass is 9.33. The number of allylic oxidation sites excluding steroid dienone is 2. The summed E-state index contributed by atoms with van der Waals surface area (Å²) in [5.74, 6) is 0.916. The third-order valence-corrected chi connectivity index (χ3v) is 13.5. The molecule has 5 heteroatoms. The smallest absolute Gasteiger partial charge is 0.312 e. The van der Waals surface area contributed by atoms with Gasteiger partial charge in [0, 0.05) is 5.41 Å². The monoisotopic (exact) mass is 516 g/mol. The highest BCUT2D eigenvalue weighted by atomic mass is 16.5. The molecule has 0 amide bonds. The fourth-order valence-corrected chi connectivity index (χ4v) is 10.9. The summed E-state index contributed by atoms with van der Waals surface area (Å²) in [7, 11) is 0. The second-order valence-electron chi connectivity index (χ2n) is 15.4. The lowest BCUT2D eigenvalue weighted by Gasteiger charge is -2.71. The first-order valence-electron chi connectivity index (χ1n) is 15.0. The molecule has 0 heterocycles. The molecule has 1 unspecified atom stereocenters. The molecule has 4 fully saturated rings. The van der Waals surface area contributed by atoms with Gasteiger partial charge >= 0.3 is 5.97 Å². The maximum absolute atomic E-state index is 13.6. The minimum atomic E-state index is -0.468. The summed E-state index contributed by atoms with van der Waals surface area (Å²) in [6.07, 6.45) is 11.8. The number of carbonyl (C=O) groups excluding carboxylic acids is 1. The van der Waals surface area contributed by atoms with Crippen LogP contribution in [0.3, 0.4) is 0 Å². The highest BCUT2D eigenvalue weighted by Gasteiger charge is 2.69. The van der Waals surface area contributed by atoms with Crippen molar-refractivity contribution in [3.8, 4) is 0 Å². The Bertz CT molecular complexity index is 957. The van der Waals surface area contributed by atoms with Gasteiger partial charge in [0.05, 0.1) is 24.7 Å². The number of carbonyl (C=O) groups is 1. The van der Waals surface area contributed by atoms with Gasteiger partial charge in [-0.1, -0.05) is 53.2 Å². The van der Waals surface area contributed by atoms with E-state index in [0.717, 1.165) is 64.2 Å². The van der Waals surface area contributed by atoms with Gasteiger partial charge in [0.15, 0.2) is 0 Å². The molecular formula is C32H52O5. The molecule has 0 aromatic rings. The van der Waals surface area contributed by atoms with Crippen LogP contribution in [0.4, 0.5) is 0 Å². The van der Waals surface area contributed by atoms with Crippen LogP contribution in [-0.4, -0.2) is 47.2 Å². The number of fused-ring (bicyclic) bond motifs is 7. The van der Waals surface area contributed by atoms with Gasteiger partial charge in [-0.2, -0.15) is 0 Å². The van der Waals surface area contributed by atoms with Crippen LogP contribution in [-0.2, 0) is 9.53 Å². The van der Waals surface area contributed by atoms with Crippen LogP contribution in [0.15, 0.2) is 11.6 Å². The lowest BCUT2D eigenvalue weighted by Crippen LogP contribution is -2.66. The van der Waals surface area contributed by atoms with Gasteiger partial charge in [0.1, 0.15) is 6.61 Å². The number of esters is 1. The van der Waals surface area contributed by atoms with E-state index < -0.39 is 16.9 Å². The van der Waals surface area contributed by atoms with E-state index in [-0.39, 0.29) is 53.4 Å². The minimum absolute atomic E-state index is 0.0222. The van der Waals surface area contributed by atoms with E-state index >= 15 is 0 Å². The molecular weight excluding hydrogens is 464 g/mol. The Balaban J connectivity index is 1.57. The summed E-state index contributed by atoms with van der Waals surface area (Å²) < 4.78 is 5.67. The van der Waals surface area contributed by atoms with E-state index in [1.54, 1.807) is 0 Å². The highest BCUT2D eigenvalue weighted by Crippen LogP contribution is 2.75. The van der Waals surface area contributed by atoms with Crippen LogP contribution in [0.2, 0.25) is 0 Å². The first-order chi connectivity index (χ1) is 17.2. The van der Waals surface area contributed by atoms with Crippen molar-refractivity contribution in [2.75, 3.05) is 19.8 Å². The molecule has 37 heavy (non-hydrogen) atoms. The van der Waals surface area contributed by atoms with Crippen LogP contribution in [0.25, 0.3) is 0 Å². The molecule has 0 radical (unpaired) electrons. The number of hydrogen-bond donors (Lipinski definition) is 3. The predicted octanol–water partition coefficient (Wildman–Crippen LogP) is 5.66. The van der Waals surface area contributed by atoms with Crippen LogP contribution >= 0.6 is 0 Å². The molecule has 5 nitrogen and oxygen atoms in total. The zero-order chi connectivity index (χ0) is 27.1. The van der Waals surface area contributed by atoms with Gasteiger partial charge in [0.2, 0.25) is 0 Å². The van der Waals surface area contributed by atoms with Gasteiger partial charge in [-0.25, -0.2) is 0 Å². The number of aliphatic hydroxyl groups excluding tert-OH is 3. The van der Waals surface area contributed by atoms with Crippen molar-refractivity contribution in [3.63, 3.8) is 0 Å². The van der Waals surface area contributed by atoms with Crippen molar-refractivity contribution in [1.29, 1.82) is 0 Å². The molecule has 0 aliphatic heterocycles. The summed E-state index contributed by atoms with van der Waals surface area (Å²) in [5, 5.41) is 30.8. The van der Waals surface area contributed by atoms with Crippen molar-refractivity contribution in [2.24, 2.45) is 50.2 Å². The number of aliphatic hydroxyl groups is 3. The SMILES string of the molecule is CC1(C)CC[C@]2(C(=O)OCCO)CC[C@]3(C)C(=CC[C@@H]4[C@@]5(C)CC[C@H](O)[C@@](C)(CO)C5CC[C@]43C)[C@H]2C1. The first-order valence-corrected chi connectivity index (χ1v) is 15.0. The minimum Gasteiger partial charge on any atom is -0.463 e. The van der Waals surface area contributed by atoms with Crippen LogP contribution in [0.1, 0.15) is 106 Å². The van der Waals surface area contributed by atoms with E-state index in [9.17, 15) is 20.1 Å². The number of ether oxygens (including phenoxy) is 1. The van der Waals surface area contributed by atoms with Crippen molar-refractivity contribution >= 4 is 5.97 Å². The first kappa shape index (κ1) is 27.6. The quantitative estimate of drug-likeness (QED) is 0.332. The Morgan fingerprint density at radius 2 is 1.65 bits per heavy atom. The Morgan fingerprint density at radius 3 is 2.32 bits per heavy atom. The average Bonchev–Trinajstić information content (AvgIpc) is 2.85. The molecule has 5 aliphatic rings. The van der Waals surface area contributed by atoms with Gasteiger partial charge in [-0.15, -0.1) is 0 Å². The number of hydrogen-bond acceptors (Lipinski definition) is 5. The maximum atomic E-state index is 13.6. The number of rotatable bonds is 4. The van der Waals surface area contributed by atoms with Gasteiger partial charge in [-0.05, 0) is 104 Å². The van der Waals surface area contributed by atoms with Crippen molar-refractivity contribution in [3.05, 3.63) is 11.6 Å². The molecule has 210 valence electrons. The third kappa shape index (κ3) is 3.62. The van der Waals surface area contributed by atoms with E-state index in [1.165, 1.54) is 5.57 Å². The molecule has 0 saturated heterocycles. The van der Waals surface area contributed by atoms with Gasteiger partial charge in [-0.3, -0.25) is 4.79 Å². The zero-order valence-electron chi connectivity index (χ0n) is 24.2. The summed E-state index contributed by atoms with van der Waals surface area (Å²) in [5.41, 5.74) is 1.01. The van der Waals surface area contributed by atoms with E-state index in [2.05, 4.69) is 47.6 Å². The lowest BCUT2D eigenvalue weighted by molar-refractivity contribution is -0.217. The van der Waals surface area contributed by atoms with E-state index in [1.807, 2.05) is 0 Å². The molecule has 3 N–H and O–H groups in total. The molecule has 0 spiro atoms. The molecule has 4 saturated carbocycles. The highest BCUT2D eigenvalue weighted by molar-refractivity contribution is 5.78. The largest absolute Gasteiger partial charge is 0.463 e. The molecule has 5 aliphatic carbocycles. The van der Waals surface area contributed by atoms with E-state index in [0.29, 0.717) is 11.8 Å². The Kier molecular flexibility index (Phi) is 6.57. The van der Waals surface area contributed by atoms with Crippen molar-refractivity contribution in [1.82, 2.24) is 0 Å². The van der Waals surface area contributed by atoms with E-state index in [4.69, 9.17) is 4.74 Å². The van der Waals surface area contributed by atoms with Crippen LogP contribution in [0, 0.1) is 50.2 Å². The Labute approximate surface area is 224 Å². The van der Waals surface area contributed by atoms with Crippen molar-refractivity contribution in [2.45, 2.75) is 112 Å². The molecule has 0 aromatic carbocycles. The molecule has 9 atom stereocenters. The third-order valence-electron chi connectivity index (χ3n) is 13.5. The predicted molar refractivity (Wildman–Crippen MR) is 145 cm³/mol. The maximum Gasteiger partial charge on any atom is 0.312 e. The zero-order valence-corrected chi connectivity index (χ0v) is 24.2. The summed E-state index contributed by atoms with van der Waals surface area (Å²) >= 11 is 0. The average molecular weight is 517 g/mol. The fourth-order valence-electron chi connectivity index (χ4n) is 10.9. The molecule has 0 bridgehead atoms. The van der Waals surface area contributed by atoms with Crippen molar-refractivity contribution < 1.29 is 24.9 Å². The Hall–Kier alpha value is -0.910.